The Morgan fingerprint density at radius 2 is 1.95 bits per heavy atom. The molecule has 1 aliphatic rings. The third kappa shape index (κ3) is 2.57. The number of rotatable bonds is 2. The van der Waals surface area contributed by atoms with Crippen molar-refractivity contribution in [3.63, 3.8) is 0 Å². The van der Waals surface area contributed by atoms with E-state index in [1.807, 2.05) is 0 Å². The van der Waals surface area contributed by atoms with E-state index in [-0.39, 0.29) is 5.56 Å². The van der Waals surface area contributed by atoms with Gasteiger partial charge in [-0.2, -0.15) is 5.26 Å². The number of aryl methyl sites for hydroxylation is 1. The lowest BCUT2D eigenvalue weighted by Gasteiger charge is -2.41. The van der Waals surface area contributed by atoms with Gasteiger partial charge in [0.1, 0.15) is 36.0 Å². The van der Waals surface area contributed by atoms with Gasteiger partial charge >= 0.3 is 0 Å². The zero-order valence-corrected chi connectivity index (χ0v) is 11.2. The van der Waals surface area contributed by atoms with E-state index in [0.29, 0.717) is 5.69 Å². The Labute approximate surface area is 120 Å². The van der Waals surface area contributed by atoms with Gasteiger partial charge in [-0.25, -0.2) is 0 Å². The summed E-state index contributed by atoms with van der Waals surface area (Å²) in [6, 6.07) is 4.58. The molecule has 0 amide bonds. The largest absolute Gasteiger partial charge is 0.394 e. The van der Waals surface area contributed by atoms with Crippen molar-refractivity contribution in [2.24, 2.45) is 0 Å². The highest BCUT2D eigenvalue weighted by molar-refractivity contribution is 5.27. The molecular formula is C13H16N2O6. The van der Waals surface area contributed by atoms with E-state index in [2.05, 4.69) is 0 Å². The monoisotopic (exact) mass is 296 g/mol. The summed E-state index contributed by atoms with van der Waals surface area (Å²) < 4.78 is 6.35. The van der Waals surface area contributed by atoms with Gasteiger partial charge in [0.2, 0.25) is 0 Å². The maximum atomic E-state index is 12.2. The van der Waals surface area contributed by atoms with Crippen molar-refractivity contribution in [2.75, 3.05) is 6.61 Å². The average molecular weight is 296 g/mol. The predicted octanol–water partition coefficient (Wildman–Crippen LogP) is -2.00. The molecule has 0 aromatic carbocycles. The molecule has 0 bridgehead atoms. The number of aliphatic hydroxyl groups excluding tert-OH is 4. The molecule has 2 rings (SSSR count). The van der Waals surface area contributed by atoms with Gasteiger partial charge in [0, 0.05) is 5.69 Å². The smallest absolute Gasteiger partial charge is 0.270 e. The molecule has 1 aliphatic heterocycles. The number of pyridine rings is 1. The fourth-order valence-corrected chi connectivity index (χ4v) is 2.34. The highest BCUT2D eigenvalue weighted by Gasteiger charge is 2.44. The zero-order chi connectivity index (χ0) is 15.7. The van der Waals surface area contributed by atoms with Crippen molar-refractivity contribution < 1.29 is 25.2 Å². The van der Waals surface area contributed by atoms with Gasteiger partial charge in [-0.15, -0.1) is 0 Å². The minimum absolute atomic E-state index is 0.141. The van der Waals surface area contributed by atoms with Gasteiger partial charge in [-0.3, -0.25) is 9.36 Å². The summed E-state index contributed by atoms with van der Waals surface area (Å²) >= 11 is 0. The Kier molecular flexibility index (Phi) is 4.41. The maximum absolute atomic E-state index is 12.2. The van der Waals surface area contributed by atoms with Gasteiger partial charge < -0.3 is 25.2 Å². The van der Waals surface area contributed by atoms with Crippen molar-refractivity contribution in [3.05, 3.63) is 33.7 Å². The Morgan fingerprint density at radius 3 is 2.52 bits per heavy atom. The van der Waals surface area contributed by atoms with Crippen LogP contribution in [-0.2, 0) is 4.74 Å². The van der Waals surface area contributed by atoms with Crippen molar-refractivity contribution in [1.82, 2.24) is 4.57 Å². The predicted molar refractivity (Wildman–Crippen MR) is 69.2 cm³/mol. The Balaban J connectivity index is 2.51. The molecule has 21 heavy (non-hydrogen) atoms. The van der Waals surface area contributed by atoms with Crippen molar-refractivity contribution >= 4 is 0 Å². The molecule has 0 aliphatic carbocycles. The van der Waals surface area contributed by atoms with Crippen LogP contribution < -0.4 is 5.56 Å². The van der Waals surface area contributed by atoms with Crippen LogP contribution in [0.5, 0.6) is 0 Å². The number of aliphatic hydroxyl groups is 4. The molecule has 2 heterocycles. The molecule has 1 aromatic heterocycles. The van der Waals surface area contributed by atoms with Crippen LogP contribution in [-0.4, -0.2) is 56.0 Å². The normalized spacial score (nSPS) is 32.7. The number of nitrogens with zero attached hydrogens (tertiary/aromatic N) is 2. The third-order valence-electron chi connectivity index (χ3n) is 3.56. The topological polar surface area (TPSA) is 136 Å². The zero-order valence-electron chi connectivity index (χ0n) is 11.2. The molecule has 1 aromatic rings. The van der Waals surface area contributed by atoms with Gasteiger partial charge in [0.05, 0.1) is 6.61 Å². The van der Waals surface area contributed by atoms with E-state index in [0.717, 1.165) is 4.57 Å². The fourth-order valence-electron chi connectivity index (χ4n) is 2.34. The lowest BCUT2D eigenvalue weighted by atomic mass is 9.98. The molecule has 0 spiro atoms. The Bertz CT molecular complexity index is 620. The molecule has 0 saturated carbocycles. The van der Waals surface area contributed by atoms with E-state index >= 15 is 0 Å². The molecular weight excluding hydrogens is 280 g/mol. The SMILES string of the molecule is Cc1ccc(C#N)c(=O)n1[C@@H]1O[C@H](CO)[C@H](O)[C@H](O)[C@H]1O. The lowest BCUT2D eigenvalue weighted by Crippen LogP contribution is -2.57. The lowest BCUT2D eigenvalue weighted by molar-refractivity contribution is -0.252. The summed E-state index contributed by atoms with van der Waals surface area (Å²) in [6.07, 6.45) is -7.09. The minimum Gasteiger partial charge on any atom is -0.394 e. The number of ether oxygens (including phenoxy) is 1. The van der Waals surface area contributed by atoms with E-state index in [9.17, 15) is 20.1 Å². The van der Waals surface area contributed by atoms with Crippen molar-refractivity contribution in [1.29, 1.82) is 5.26 Å². The third-order valence-corrected chi connectivity index (χ3v) is 3.56. The number of hydrogen-bond acceptors (Lipinski definition) is 7. The minimum atomic E-state index is -1.59. The van der Waals surface area contributed by atoms with Crippen LogP contribution in [0.2, 0.25) is 0 Å². The van der Waals surface area contributed by atoms with Crippen LogP contribution in [0.15, 0.2) is 16.9 Å². The summed E-state index contributed by atoms with van der Waals surface area (Å²) in [6.45, 7) is 0.983. The van der Waals surface area contributed by atoms with Gasteiger partial charge in [-0.1, -0.05) is 0 Å². The summed E-state index contributed by atoms with van der Waals surface area (Å²) in [5, 5.41) is 47.6. The van der Waals surface area contributed by atoms with Crippen molar-refractivity contribution in [2.45, 2.75) is 37.6 Å². The molecule has 114 valence electrons. The van der Waals surface area contributed by atoms with Gasteiger partial charge in [-0.05, 0) is 19.1 Å². The summed E-state index contributed by atoms with van der Waals surface area (Å²) in [5.41, 5.74) is -0.414. The maximum Gasteiger partial charge on any atom is 0.270 e. The first-order valence-corrected chi connectivity index (χ1v) is 6.35. The average Bonchev–Trinajstić information content (AvgIpc) is 2.47. The number of aromatic nitrogens is 1. The van der Waals surface area contributed by atoms with Crippen LogP contribution in [0.3, 0.4) is 0 Å². The van der Waals surface area contributed by atoms with E-state index in [1.54, 1.807) is 13.0 Å². The van der Waals surface area contributed by atoms with Crippen LogP contribution in [0.4, 0.5) is 0 Å². The Hall–Kier alpha value is -1.76. The molecule has 0 radical (unpaired) electrons. The number of hydrogen-bond donors (Lipinski definition) is 4. The van der Waals surface area contributed by atoms with Gasteiger partial charge in [0.25, 0.3) is 5.56 Å². The first kappa shape index (κ1) is 15.6. The first-order valence-electron chi connectivity index (χ1n) is 6.35. The molecule has 1 saturated heterocycles. The summed E-state index contributed by atoms with van der Waals surface area (Å²) in [4.78, 5) is 12.2. The molecule has 1 fully saturated rings. The van der Waals surface area contributed by atoms with Crippen LogP contribution in [0.25, 0.3) is 0 Å². The summed E-state index contributed by atoms with van der Waals surface area (Å²) in [7, 11) is 0. The molecule has 4 N–H and O–H groups in total. The molecule has 5 atom stereocenters. The van der Waals surface area contributed by atoms with Crippen LogP contribution in [0.1, 0.15) is 17.5 Å². The van der Waals surface area contributed by atoms with E-state index in [4.69, 9.17) is 15.1 Å². The molecule has 8 heteroatoms. The Morgan fingerprint density at radius 1 is 1.29 bits per heavy atom. The number of nitriles is 1. The second-order valence-electron chi connectivity index (χ2n) is 4.89. The van der Waals surface area contributed by atoms with Gasteiger partial charge in [0.15, 0.2) is 6.23 Å². The van der Waals surface area contributed by atoms with Crippen LogP contribution >= 0.6 is 0 Å². The van der Waals surface area contributed by atoms with E-state index < -0.39 is 42.8 Å². The highest BCUT2D eigenvalue weighted by atomic mass is 16.6. The molecule has 8 nitrogen and oxygen atoms in total. The summed E-state index contributed by atoms with van der Waals surface area (Å²) in [5.74, 6) is 0. The fraction of sp³-hybridized carbons (Fsp3) is 0.538. The van der Waals surface area contributed by atoms with E-state index in [1.165, 1.54) is 12.1 Å². The van der Waals surface area contributed by atoms with Crippen LogP contribution in [0, 0.1) is 18.3 Å². The quantitative estimate of drug-likeness (QED) is 0.495. The highest BCUT2D eigenvalue weighted by Crippen LogP contribution is 2.28. The van der Waals surface area contributed by atoms with Crippen molar-refractivity contribution in [3.8, 4) is 6.07 Å². The molecule has 0 unspecified atom stereocenters. The first-order chi connectivity index (χ1) is 9.92. The second kappa shape index (κ2) is 5.93. The second-order valence-corrected chi connectivity index (χ2v) is 4.89. The standard InChI is InChI=1S/C13H16N2O6/c1-6-2-3-7(4-14)12(20)15(6)13-11(19)10(18)9(17)8(5-16)21-13/h2-3,8-11,13,16-19H,5H2,1H3/t8-,9+,10+,11-,13-/m1/s1.